The second-order valence-electron chi connectivity index (χ2n) is 4.94. The molecule has 0 saturated heterocycles. The van der Waals surface area contributed by atoms with Gasteiger partial charge in [0.2, 0.25) is 5.91 Å². The van der Waals surface area contributed by atoms with Crippen LogP contribution in [-0.2, 0) is 24.8 Å². The molecule has 0 aliphatic carbocycles. The van der Waals surface area contributed by atoms with Crippen LogP contribution in [0.15, 0.2) is 12.4 Å². The number of nitrogens with one attached hydrogen (secondary N) is 2. The minimum Gasteiger partial charge on any atom is -0.355 e. The van der Waals surface area contributed by atoms with Crippen molar-refractivity contribution in [1.82, 2.24) is 24.9 Å². The van der Waals surface area contributed by atoms with Crippen molar-refractivity contribution < 1.29 is 9.59 Å². The first-order valence-electron chi connectivity index (χ1n) is 7.03. The van der Waals surface area contributed by atoms with Crippen molar-refractivity contribution in [2.24, 2.45) is 7.05 Å². The highest BCUT2D eigenvalue weighted by Gasteiger charge is 2.19. The first kappa shape index (κ1) is 15.7. The summed E-state index contributed by atoms with van der Waals surface area (Å²) in [7, 11) is 3.35. The molecule has 0 fully saturated rings. The standard InChI is InChI=1S/C14H20N6O2/c1-5-20-13(11(7-16-20)14(22)15-3)17-12(21)6-10-8-19(4)18-9(10)2/h7-8H,5-6H2,1-4H3,(H,15,22)(H,17,21). The Bertz CT molecular complexity index is 700. The summed E-state index contributed by atoms with van der Waals surface area (Å²) < 4.78 is 3.25. The molecule has 0 saturated carbocycles. The molecule has 2 aromatic heterocycles. The second kappa shape index (κ2) is 6.42. The molecular formula is C14H20N6O2. The zero-order chi connectivity index (χ0) is 16.3. The van der Waals surface area contributed by atoms with E-state index in [1.54, 1.807) is 9.36 Å². The van der Waals surface area contributed by atoms with Crippen molar-refractivity contribution >= 4 is 17.6 Å². The van der Waals surface area contributed by atoms with Gasteiger partial charge in [0.05, 0.1) is 18.3 Å². The summed E-state index contributed by atoms with van der Waals surface area (Å²) in [4.78, 5) is 24.1. The Kier molecular flexibility index (Phi) is 4.59. The number of anilines is 1. The van der Waals surface area contributed by atoms with Crippen LogP contribution in [0.3, 0.4) is 0 Å². The molecule has 0 aliphatic rings. The number of amides is 2. The molecule has 8 nitrogen and oxygen atoms in total. The van der Waals surface area contributed by atoms with Crippen molar-refractivity contribution in [3.05, 3.63) is 29.2 Å². The van der Waals surface area contributed by atoms with Crippen LogP contribution in [0.1, 0.15) is 28.5 Å². The molecule has 0 spiro atoms. The lowest BCUT2D eigenvalue weighted by atomic mass is 10.2. The van der Waals surface area contributed by atoms with Crippen molar-refractivity contribution in [2.45, 2.75) is 26.8 Å². The molecule has 0 radical (unpaired) electrons. The van der Waals surface area contributed by atoms with Gasteiger partial charge in [-0.15, -0.1) is 0 Å². The zero-order valence-electron chi connectivity index (χ0n) is 13.2. The summed E-state index contributed by atoms with van der Waals surface area (Å²) in [6, 6.07) is 0. The van der Waals surface area contributed by atoms with E-state index < -0.39 is 0 Å². The Labute approximate surface area is 128 Å². The molecule has 118 valence electrons. The highest BCUT2D eigenvalue weighted by Crippen LogP contribution is 2.16. The van der Waals surface area contributed by atoms with Gasteiger partial charge in [-0.1, -0.05) is 0 Å². The quantitative estimate of drug-likeness (QED) is 0.840. The lowest BCUT2D eigenvalue weighted by Gasteiger charge is -2.09. The Morgan fingerprint density at radius 1 is 1.36 bits per heavy atom. The van der Waals surface area contributed by atoms with E-state index in [4.69, 9.17) is 0 Å². The highest BCUT2D eigenvalue weighted by atomic mass is 16.2. The number of hydrogen-bond acceptors (Lipinski definition) is 4. The number of carbonyl (C=O) groups excluding carboxylic acids is 2. The molecule has 0 atom stereocenters. The van der Waals surface area contributed by atoms with E-state index in [0.29, 0.717) is 17.9 Å². The largest absolute Gasteiger partial charge is 0.355 e. The smallest absolute Gasteiger partial charge is 0.256 e. The lowest BCUT2D eigenvalue weighted by Crippen LogP contribution is -2.23. The Morgan fingerprint density at radius 2 is 2.09 bits per heavy atom. The molecule has 8 heteroatoms. The van der Waals surface area contributed by atoms with E-state index in [2.05, 4.69) is 20.8 Å². The topological polar surface area (TPSA) is 93.8 Å². The molecule has 0 aliphatic heterocycles. The van der Waals surface area contributed by atoms with E-state index in [1.807, 2.05) is 27.1 Å². The first-order valence-corrected chi connectivity index (χ1v) is 7.03. The SMILES string of the molecule is CCn1ncc(C(=O)NC)c1NC(=O)Cc1cn(C)nc1C. The maximum absolute atomic E-state index is 12.3. The van der Waals surface area contributed by atoms with Gasteiger partial charge in [-0.2, -0.15) is 10.2 Å². The predicted octanol–water partition coefficient (Wildman–Crippen LogP) is 0.486. The molecule has 2 aromatic rings. The average molecular weight is 304 g/mol. The molecule has 2 rings (SSSR count). The number of rotatable bonds is 5. The first-order chi connectivity index (χ1) is 10.5. The van der Waals surface area contributed by atoms with E-state index in [1.165, 1.54) is 13.2 Å². The third kappa shape index (κ3) is 3.16. The van der Waals surface area contributed by atoms with E-state index in [0.717, 1.165) is 11.3 Å². The van der Waals surface area contributed by atoms with Gasteiger partial charge in [-0.25, -0.2) is 4.68 Å². The van der Waals surface area contributed by atoms with Gasteiger partial charge in [-0.3, -0.25) is 14.3 Å². The van der Waals surface area contributed by atoms with Crippen molar-refractivity contribution in [1.29, 1.82) is 0 Å². The number of nitrogens with zero attached hydrogens (tertiary/aromatic N) is 4. The molecule has 0 bridgehead atoms. The molecule has 2 amide bonds. The highest BCUT2D eigenvalue weighted by molar-refractivity contribution is 6.02. The van der Waals surface area contributed by atoms with Gasteiger partial charge in [0.1, 0.15) is 11.4 Å². The summed E-state index contributed by atoms with van der Waals surface area (Å²) in [6.07, 6.45) is 3.46. The third-order valence-electron chi connectivity index (χ3n) is 3.33. The Hall–Kier alpha value is -2.64. The fourth-order valence-electron chi connectivity index (χ4n) is 2.23. The van der Waals surface area contributed by atoms with Crippen LogP contribution in [0.4, 0.5) is 5.82 Å². The zero-order valence-corrected chi connectivity index (χ0v) is 13.2. The van der Waals surface area contributed by atoms with Crippen LogP contribution in [0.2, 0.25) is 0 Å². The molecule has 0 unspecified atom stereocenters. The molecule has 22 heavy (non-hydrogen) atoms. The second-order valence-corrected chi connectivity index (χ2v) is 4.94. The minimum absolute atomic E-state index is 0.196. The number of hydrogen-bond donors (Lipinski definition) is 2. The summed E-state index contributed by atoms with van der Waals surface area (Å²) in [5.41, 5.74) is 2.01. The van der Waals surface area contributed by atoms with Crippen molar-refractivity contribution in [3.8, 4) is 0 Å². The lowest BCUT2D eigenvalue weighted by molar-refractivity contribution is -0.115. The molecule has 2 heterocycles. The molecular weight excluding hydrogens is 284 g/mol. The third-order valence-corrected chi connectivity index (χ3v) is 3.33. The Balaban J connectivity index is 2.19. The molecule has 2 N–H and O–H groups in total. The van der Waals surface area contributed by atoms with Crippen LogP contribution in [0, 0.1) is 6.92 Å². The summed E-state index contributed by atoms with van der Waals surface area (Å²) in [6.45, 7) is 4.30. The van der Waals surface area contributed by atoms with Crippen LogP contribution in [0.25, 0.3) is 0 Å². The van der Waals surface area contributed by atoms with Gasteiger partial charge in [0.15, 0.2) is 0 Å². The fourth-order valence-corrected chi connectivity index (χ4v) is 2.23. The van der Waals surface area contributed by atoms with Gasteiger partial charge in [0, 0.05) is 32.4 Å². The summed E-state index contributed by atoms with van der Waals surface area (Å²) in [5, 5.41) is 13.6. The van der Waals surface area contributed by atoms with Crippen LogP contribution in [-0.4, -0.2) is 38.4 Å². The number of aromatic nitrogens is 4. The van der Waals surface area contributed by atoms with Gasteiger partial charge in [-0.05, 0) is 13.8 Å². The summed E-state index contributed by atoms with van der Waals surface area (Å²) >= 11 is 0. The van der Waals surface area contributed by atoms with Crippen LogP contribution in [0.5, 0.6) is 0 Å². The van der Waals surface area contributed by atoms with Crippen molar-refractivity contribution in [3.63, 3.8) is 0 Å². The van der Waals surface area contributed by atoms with Crippen LogP contribution < -0.4 is 10.6 Å². The number of aryl methyl sites for hydroxylation is 3. The predicted molar refractivity (Wildman–Crippen MR) is 81.6 cm³/mol. The van der Waals surface area contributed by atoms with Crippen LogP contribution >= 0.6 is 0 Å². The minimum atomic E-state index is -0.285. The monoisotopic (exact) mass is 304 g/mol. The maximum Gasteiger partial charge on any atom is 0.256 e. The van der Waals surface area contributed by atoms with E-state index >= 15 is 0 Å². The van der Waals surface area contributed by atoms with Gasteiger partial charge in [0.25, 0.3) is 5.91 Å². The van der Waals surface area contributed by atoms with E-state index in [-0.39, 0.29) is 18.2 Å². The normalized spacial score (nSPS) is 10.5. The average Bonchev–Trinajstić information content (AvgIpc) is 3.01. The molecule has 0 aromatic carbocycles. The van der Waals surface area contributed by atoms with Crippen molar-refractivity contribution in [2.75, 3.05) is 12.4 Å². The van der Waals surface area contributed by atoms with Gasteiger partial charge >= 0.3 is 0 Å². The summed E-state index contributed by atoms with van der Waals surface area (Å²) in [5.74, 6) is -0.0857. The number of carbonyl (C=O) groups is 2. The van der Waals surface area contributed by atoms with Gasteiger partial charge < -0.3 is 10.6 Å². The van der Waals surface area contributed by atoms with E-state index in [9.17, 15) is 9.59 Å². The maximum atomic E-state index is 12.3. The Morgan fingerprint density at radius 3 is 2.64 bits per heavy atom. The fraction of sp³-hybridized carbons (Fsp3) is 0.429.